The zero-order valence-corrected chi connectivity index (χ0v) is 9.73. The van der Waals surface area contributed by atoms with Crippen LogP contribution in [0.1, 0.15) is 16.2 Å². The molecule has 2 rings (SSSR count). The molecule has 0 atom stereocenters. The van der Waals surface area contributed by atoms with E-state index in [1.165, 1.54) is 34.8 Å². The van der Waals surface area contributed by atoms with Crippen molar-refractivity contribution in [1.82, 2.24) is 15.0 Å². The van der Waals surface area contributed by atoms with E-state index >= 15 is 0 Å². The third-order valence-corrected chi connectivity index (χ3v) is 3.02. The minimum atomic E-state index is -0.206. The molecule has 0 aliphatic heterocycles. The van der Waals surface area contributed by atoms with Gasteiger partial charge in [0.15, 0.2) is 5.13 Å². The highest BCUT2D eigenvalue weighted by atomic mass is 32.1. The van der Waals surface area contributed by atoms with E-state index < -0.39 is 0 Å². The number of carbonyl (C=O) groups is 1. The molecular weight excluding hydrogens is 224 g/mol. The Morgan fingerprint density at radius 3 is 2.81 bits per heavy atom. The molecule has 0 unspecified atom stereocenters. The lowest BCUT2D eigenvalue weighted by Gasteiger charge is -2.12. The van der Waals surface area contributed by atoms with Gasteiger partial charge >= 0.3 is 0 Å². The number of nitrogens with zero attached hydrogens (tertiary/aromatic N) is 4. The summed E-state index contributed by atoms with van der Waals surface area (Å²) in [6, 6.07) is 0. The van der Waals surface area contributed by atoms with Gasteiger partial charge in [0.05, 0.1) is 11.9 Å². The lowest BCUT2D eigenvalue weighted by molar-refractivity contribution is 0.0988. The van der Waals surface area contributed by atoms with E-state index in [0.717, 1.165) is 5.69 Å². The average molecular weight is 234 g/mol. The standard InChI is InChI=1S/C10H10N4OS/c1-7-6-16-10(13-7)14(2)9(15)8-5-11-3-4-12-8/h3-6H,1-2H3. The van der Waals surface area contributed by atoms with Gasteiger partial charge in [0.1, 0.15) is 5.69 Å². The Balaban J connectivity index is 2.23. The van der Waals surface area contributed by atoms with Gasteiger partial charge in [-0.05, 0) is 6.92 Å². The second-order valence-electron chi connectivity index (χ2n) is 3.23. The first kappa shape index (κ1) is 10.7. The Labute approximate surface area is 96.8 Å². The molecule has 0 aliphatic rings. The molecule has 0 fully saturated rings. The van der Waals surface area contributed by atoms with Crippen LogP contribution in [0.4, 0.5) is 5.13 Å². The quantitative estimate of drug-likeness (QED) is 0.790. The summed E-state index contributed by atoms with van der Waals surface area (Å²) >= 11 is 1.43. The van der Waals surface area contributed by atoms with E-state index in [0.29, 0.717) is 10.8 Å². The molecule has 6 heteroatoms. The van der Waals surface area contributed by atoms with Crippen LogP contribution in [0.5, 0.6) is 0 Å². The molecule has 0 bridgehead atoms. The molecule has 0 saturated heterocycles. The second-order valence-corrected chi connectivity index (χ2v) is 4.06. The number of rotatable bonds is 2. The third-order valence-electron chi connectivity index (χ3n) is 1.98. The minimum Gasteiger partial charge on any atom is -0.286 e. The zero-order chi connectivity index (χ0) is 11.5. The maximum atomic E-state index is 11.9. The Bertz CT molecular complexity index is 497. The van der Waals surface area contributed by atoms with Crippen LogP contribution >= 0.6 is 11.3 Å². The minimum absolute atomic E-state index is 0.206. The molecule has 0 aliphatic carbocycles. The van der Waals surface area contributed by atoms with E-state index in [1.807, 2.05) is 12.3 Å². The van der Waals surface area contributed by atoms with Gasteiger partial charge in [-0.3, -0.25) is 14.7 Å². The smallest absolute Gasteiger partial charge is 0.279 e. The zero-order valence-electron chi connectivity index (χ0n) is 8.91. The number of aryl methyl sites for hydroxylation is 1. The number of anilines is 1. The van der Waals surface area contributed by atoms with Crippen molar-refractivity contribution in [2.45, 2.75) is 6.92 Å². The van der Waals surface area contributed by atoms with Crippen molar-refractivity contribution in [3.05, 3.63) is 35.4 Å². The molecule has 2 aromatic heterocycles. The van der Waals surface area contributed by atoms with Gasteiger partial charge in [0, 0.05) is 24.8 Å². The first-order valence-electron chi connectivity index (χ1n) is 4.64. The molecule has 0 aromatic carbocycles. The van der Waals surface area contributed by atoms with E-state index in [-0.39, 0.29) is 5.91 Å². The third kappa shape index (κ3) is 2.06. The van der Waals surface area contributed by atoms with Gasteiger partial charge in [0.25, 0.3) is 5.91 Å². The van der Waals surface area contributed by atoms with Crippen LogP contribution in [0.15, 0.2) is 24.0 Å². The van der Waals surface area contributed by atoms with E-state index in [1.54, 1.807) is 7.05 Å². The summed E-state index contributed by atoms with van der Waals surface area (Å²) in [6.45, 7) is 1.89. The Morgan fingerprint density at radius 2 is 2.25 bits per heavy atom. The molecule has 2 heterocycles. The van der Waals surface area contributed by atoms with Crippen molar-refractivity contribution in [1.29, 1.82) is 0 Å². The fourth-order valence-electron chi connectivity index (χ4n) is 1.16. The molecule has 5 nitrogen and oxygen atoms in total. The molecule has 0 N–H and O–H groups in total. The first-order chi connectivity index (χ1) is 7.68. The van der Waals surface area contributed by atoms with Crippen LogP contribution in [0, 0.1) is 6.92 Å². The molecule has 82 valence electrons. The van der Waals surface area contributed by atoms with Gasteiger partial charge in [-0.2, -0.15) is 0 Å². The molecule has 2 aromatic rings. The van der Waals surface area contributed by atoms with Crippen LogP contribution < -0.4 is 4.90 Å². The monoisotopic (exact) mass is 234 g/mol. The van der Waals surface area contributed by atoms with Gasteiger partial charge < -0.3 is 0 Å². The number of aromatic nitrogens is 3. The molecule has 1 amide bonds. The predicted molar refractivity (Wildman–Crippen MR) is 61.6 cm³/mol. The topological polar surface area (TPSA) is 59.0 Å². The number of carbonyl (C=O) groups excluding carboxylic acids is 1. The van der Waals surface area contributed by atoms with Gasteiger partial charge in [-0.1, -0.05) is 0 Å². The SMILES string of the molecule is Cc1csc(N(C)C(=O)c2cnccn2)n1. The number of amides is 1. The second kappa shape index (κ2) is 4.36. The summed E-state index contributed by atoms with van der Waals surface area (Å²) in [4.78, 5) is 25.5. The number of thiazole rings is 1. The Hall–Kier alpha value is -1.82. The Morgan fingerprint density at radius 1 is 1.44 bits per heavy atom. The highest BCUT2D eigenvalue weighted by molar-refractivity contribution is 7.14. The molecule has 0 spiro atoms. The lowest BCUT2D eigenvalue weighted by atomic mass is 10.4. The van der Waals surface area contributed by atoms with Gasteiger partial charge in [-0.15, -0.1) is 11.3 Å². The highest BCUT2D eigenvalue weighted by Crippen LogP contribution is 2.19. The van der Waals surface area contributed by atoms with Crippen molar-refractivity contribution in [2.75, 3.05) is 11.9 Å². The fourth-order valence-corrected chi connectivity index (χ4v) is 1.93. The summed E-state index contributed by atoms with van der Waals surface area (Å²) in [5.41, 5.74) is 1.22. The van der Waals surface area contributed by atoms with Crippen molar-refractivity contribution in [3.8, 4) is 0 Å². The highest BCUT2D eigenvalue weighted by Gasteiger charge is 2.16. The summed E-state index contributed by atoms with van der Waals surface area (Å²) in [7, 11) is 1.68. The largest absolute Gasteiger partial charge is 0.286 e. The number of hydrogen-bond donors (Lipinski definition) is 0. The maximum absolute atomic E-state index is 11.9. The van der Waals surface area contributed by atoms with Crippen molar-refractivity contribution >= 4 is 22.4 Å². The lowest BCUT2D eigenvalue weighted by Crippen LogP contribution is -2.27. The van der Waals surface area contributed by atoms with Crippen LogP contribution in [0.3, 0.4) is 0 Å². The summed E-state index contributed by atoms with van der Waals surface area (Å²) in [5.74, 6) is -0.206. The van der Waals surface area contributed by atoms with Crippen molar-refractivity contribution in [3.63, 3.8) is 0 Å². The molecule has 0 radical (unpaired) electrons. The van der Waals surface area contributed by atoms with Gasteiger partial charge in [-0.25, -0.2) is 9.97 Å². The van der Waals surface area contributed by atoms with Crippen molar-refractivity contribution < 1.29 is 4.79 Å². The Kier molecular flexibility index (Phi) is 2.91. The normalized spacial score (nSPS) is 10.1. The van der Waals surface area contributed by atoms with Crippen molar-refractivity contribution in [2.24, 2.45) is 0 Å². The molecular formula is C10H10N4OS. The number of hydrogen-bond acceptors (Lipinski definition) is 5. The van der Waals surface area contributed by atoms with Crippen LogP contribution in [-0.4, -0.2) is 27.9 Å². The summed E-state index contributed by atoms with van der Waals surface area (Å²) in [5, 5.41) is 2.56. The van der Waals surface area contributed by atoms with Gasteiger partial charge in [0.2, 0.25) is 0 Å². The average Bonchev–Trinajstić information content (AvgIpc) is 2.75. The first-order valence-corrected chi connectivity index (χ1v) is 5.52. The predicted octanol–water partition coefficient (Wildman–Crippen LogP) is 1.52. The molecule has 16 heavy (non-hydrogen) atoms. The van der Waals surface area contributed by atoms with Crippen LogP contribution in [0.2, 0.25) is 0 Å². The van der Waals surface area contributed by atoms with Crippen LogP contribution in [-0.2, 0) is 0 Å². The van der Waals surface area contributed by atoms with E-state index in [2.05, 4.69) is 15.0 Å². The van der Waals surface area contributed by atoms with Crippen LogP contribution in [0.25, 0.3) is 0 Å². The maximum Gasteiger partial charge on any atom is 0.279 e. The van der Waals surface area contributed by atoms with E-state index in [4.69, 9.17) is 0 Å². The van der Waals surface area contributed by atoms with E-state index in [9.17, 15) is 4.79 Å². The summed E-state index contributed by atoms with van der Waals surface area (Å²) < 4.78 is 0. The fraction of sp³-hybridized carbons (Fsp3) is 0.200. The summed E-state index contributed by atoms with van der Waals surface area (Å²) in [6.07, 6.45) is 4.47. The molecule has 0 saturated carbocycles.